The van der Waals surface area contributed by atoms with Crippen molar-refractivity contribution in [3.63, 3.8) is 0 Å². The van der Waals surface area contributed by atoms with Gasteiger partial charge < -0.3 is 29.2 Å². The highest BCUT2D eigenvalue weighted by atomic mass is 16.6. The van der Waals surface area contributed by atoms with E-state index in [1.807, 2.05) is 60.7 Å². The van der Waals surface area contributed by atoms with Crippen LogP contribution in [0.3, 0.4) is 0 Å². The first kappa shape index (κ1) is 22.4. The monoisotopic (exact) mass is 416 g/mol. The third-order valence-electron chi connectivity index (χ3n) is 5.04. The summed E-state index contributed by atoms with van der Waals surface area (Å²) in [6.07, 6.45) is -5.02. The second-order valence-electron chi connectivity index (χ2n) is 7.24. The average Bonchev–Trinajstić information content (AvgIpc) is 2.79. The first-order chi connectivity index (χ1) is 14.6. The predicted molar refractivity (Wildman–Crippen MR) is 108 cm³/mol. The second kappa shape index (κ2) is 11.2. The molecule has 7 heteroatoms. The maximum absolute atomic E-state index is 12.0. The molecule has 5 atom stereocenters. The maximum Gasteiger partial charge on any atom is 0.335 e. The van der Waals surface area contributed by atoms with Gasteiger partial charge in [0.2, 0.25) is 0 Å². The van der Waals surface area contributed by atoms with Crippen LogP contribution in [0.1, 0.15) is 17.5 Å². The molecule has 0 saturated carbocycles. The average molecular weight is 416 g/mol. The highest BCUT2D eigenvalue weighted by Crippen LogP contribution is 2.26. The molecular weight excluding hydrogens is 388 g/mol. The lowest BCUT2D eigenvalue weighted by molar-refractivity contribution is -0.224. The summed E-state index contributed by atoms with van der Waals surface area (Å²) in [4.78, 5) is 12.0. The van der Waals surface area contributed by atoms with Crippen LogP contribution in [0.4, 0.5) is 0 Å². The molecular formula is C23H28O7. The first-order valence-electron chi connectivity index (χ1n) is 9.95. The number of carbonyl (C=O) groups is 1. The van der Waals surface area contributed by atoms with Gasteiger partial charge >= 0.3 is 5.97 Å². The predicted octanol–water partition coefficient (Wildman–Crippen LogP) is 1.84. The van der Waals surface area contributed by atoms with Gasteiger partial charge in [-0.2, -0.15) is 0 Å². The van der Waals surface area contributed by atoms with Crippen LogP contribution in [-0.4, -0.2) is 60.4 Å². The van der Waals surface area contributed by atoms with Gasteiger partial charge in [-0.3, -0.25) is 0 Å². The standard InChI is InChI=1S/C23H28O7/c1-27-23(26)19-12-18(24)21(25)22(30-19)20(29-14-17-10-6-3-7-11-17)15-28-13-16-8-4-2-5-9-16/h2-11,18-22,24-25H,12-15H2,1H3/t18-,19?,20+,21-,22+/m0/s1. The van der Waals surface area contributed by atoms with Crippen molar-refractivity contribution >= 4 is 5.97 Å². The second-order valence-corrected chi connectivity index (χ2v) is 7.24. The van der Waals surface area contributed by atoms with E-state index in [9.17, 15) is 15.0 Å². The number of esters is 1. The van der Waals surface area contributed by atoms with Crippen LogP contribution in [0, 0.1) is 0 Å². The molecule has 0 bridgehead atoms. The van der Waals surface area contributed by atoms with E-state index in [2.05, 4.69) is 0 Å². The van der Waals surface area contributed by atoms with Crippen molar-refractivity contribution in [3.8, 4) is 0 Å². The number of aliphatic hydroxyl groups excluding tert-OH is 2. The summed E-state index contributed by atoms with van der Waals surface area (Å²) in [7, 11) is 1.25. The Labute approximate surface area is 176 Å². The van der Waals surface area contributed by atoms with Crippen LogP contribution in [0.2, 0.25) is 0 Å². The molecule has 2 N–H and O–H groups in total. The van der Waals surface area contributed by atoms with Crippen molar-refractivity contribution in [2.45, 2.75) is 50.2 Å². The van der Waals surface area contributed by atoms with Crippen LogP contribution >= 0.6 is 0 Å². The molecule has 1 aliphatic rings. The Kier molecular flexibility index (Phi) is 8.36. The molecule has 0 amide bonds. The van der Waals surface area contributed by atoms with Crippen LogP contribution in [-0.2, 0) is 37.0 Å². The molecule has 2 aromatic rings. The minimum absolute atomic E-state index is 0.0411. The largest absolute Gasteiger partial charge is 0.467 e. The molecule has 2 aromatic carbocycles. The molecule has 3 rings (SSSR count). The number of ether oxygens (including phenoxy) is 4. The van der Waals surface area contributed by atoms with Crippen LogP contribution < -0.4 is 0 Å². The molecule has 1 fully saturated rings. The summed E-state index contributed by atoms with van der Waals surface area (Å²) in [5, 5.41) is 20.8. The molecule has 0 aliphatic carbocycles. The fourth-order valence-corrected chi connectivity index (χ4v) is 3.38. The molecule has 1 heterocycles. The molecule has 1 unspecified atom stereocenters. The van der Waals surface area contributed by atoms with Crippen molar-refractivity contribution in [3.05, 3.63) is 71.8 Å². The Hall–Kier alpha value is -2.29. The molecule has 1 saturated heterocycles. The van der Waals surface area contributed by atoms with Crippen LogP contribution in [0.15, 0.2) is 60.7 Å². The Morgan fingerprint density at radius 3 is 2.23 bits per heavy atom. The van der Waals surface area contributed by atoms with E-state index in [0.29, 0.717) is 6.61 Å². The zero-order chi connectivity index (χ0) is 21.3. The van der Waals surface area contributed by atoms with Crippen molar-refractivity contribution < 1.29 is 34.0 Å². The van der Waals surface area contributed by atoms with E-state index in [1.165, 1.54) is 7.11 Å². The van der Waals surface area contributed by atoms with Crippen molar-refractivity contribution in [2.75, 3.05) is 13.7 Å². The van der Waals surface area contributed by atoms with Gasteiger partial charge in [0.25, 0.3) is 0 Å². The van der Waals surface area contributed by atoms with Gasteiger partial charge in [0.1, 0.15) is 18.3 Å². The minimum atomic E-state index is -1.22. The summed E-state index contributed by atoms with van der Waals surface area (Å²) in [5.74, 6) is -0.599. The molecule has 0 aromatic heterocycles. The third-order valence-corrected chi connectivity index (χ3v) is 5.04. The summed E-state index contributed by atoms with van der Waals surface area (Å²) >= 11 is 0. The minimum Gasteiger partial charge on any atom is -0.467 e. The summed E-state index contributed by atoms with van der Waals surface area (Å²) in [5.41, 5.74) is 1.94. The Balaban J connectivity index is 1.69. The lowest BCUT2D eigenvalue weighted by Crippen LogP contribution is -2.56. The van der Waals surface area contributed by atoms with E-state index in [1.54, 1.807) is 0 Å². The maximum atomic E-state index is 12.0. The lowest BCUT2D eigenvalue weighted by Gasteiger charge is -2.39. The molecule has 1 aliphatic heterocycles. The molecule has 0 spiro atoms. The molecule has 7 nitrogen and oxygen atoms in total. The summed E-state index contributed by atoms with van der Waals surface area (Å²) in [6.45, 7) is 0.744. The van der Waals surface area contributed by atoms with Crippen molar-refractivity contribution in [1.82, 2.24) is 0 Å². The van der Waals surface area contributed by atoms with Gasteiger partial charge in [0, 0.05) is 6.42 Å². The lowest BCUT2D eigenvalue weighted by atomic mass is 9.94. The van der Waals surface area contributed by atoms with Gasteiger partial charge in [-0.05, 0) is 11.1 Å². The number of aliphatic hydroxyl groups is 2. The van der Waals surface area contributed by atoms with Crippen LogP contribution in [0.25, 0.3) is 0 Å². The Bertz CT molecular complexity index is 768. The zero-order valence-corrected chi connectivity index (χ0v) is 16.9. The highest BCUT2D eigenvalue weighted by molar-refractivity contribution is 5.74. The Morgan fingerprint density at radius 1 is 1.03 bits per heavy atom. The summed E-state index contributed by atoms with van der Waals surface area (Å²) in [6, 6.07) is 19.2. The number of hydrogen-bond donors (Lipinski definition) is 2. The van der Waals surface area contributed by atoms with Gasteiger partial charge in [-0.1, -0.05) is 60.7 Å². The number of carbonyl (C=O) groups excluding carboxylic acids is 1. The zero-order valence-electron chi connectivity index (χ0n) is 16.9. The molecule has 162 valence electrons. The van der Waals surface area contributed by atoms with E-state index in [4.69, 9.17) is 18.9 Å². The van der Waals surface area contributed by atoms with E-state index in [0.717, 1.165) is 11.1 Å². The number of hydrogen-bond acceptors (Lipinski definition) is 7. The number of benzene rings is 2. The van der Waals surface area contributed by atoms with Gasteiger partial charge in [-0.15, -0.1) is 0 Å². The van der Waals surface area contributed by atoms with E-state index < -0.39 is 36.5 Å². The molecule has 0 radical (unpaired) electrons. The van der Waals surface area contributed by atoms with E-state index >= 15 is 0 Å². The summed E-state index contributed by atoms with van der Waals surface area (Å²) < 4.78 is 22.4. The van der Waals surface area contributed by atoms with Crippen molar-refractivity contribution in [1.29, 1.82) is 0 Å². The van der Waals surface area contributed by atoms with Gasteiger partial charge in [-0.25, -0.2) is 4.79 Å². The van der Waals surface area contributed by atoms with Gasteiger partial charge in [0.15, 0.2) is 6.10 Å². The SMILES string of the molecule is COC(=O)C1C[C@H](O)[C@H](O)[C@@H]([C@@H](COCc2ccccc2)OCc2ccccc2)O1. The fraction of sp³-hybridized carbons (Fsp3) is 0.435. The fourth-order valence-electron chi connectivity index (χ4n) is 3.38. The van der Waals surface area contributed by atoms with E-state index in [-0.39, 0.29) is 19.6 Å². The number of rotatable bonds is 9. The molecule has 30 heavy (non-hydrogen) atoms. The first-order valence-corrected chi connectivity index (χ1v) is 9.95. The quantitative estimate of drug-likeness (QED) is 0.603. The van der Waals surface area contributed by atoms with Gasteiger partial charge in [0.05, 0.1) is 33.0 Å². The highest BCUT2D eigenvalue weighted by Gasteiger charge is 2.44. The third kappa shape index (κ3) is 6.10. The smallest absolute Gasteiger partial charge is 0.335 e. The Morgan fingerprint density at radius 2 is 1.63 bits per heavy atom. The van der Waals surface area contributed by atoms with Crippen LogP contribution in [0.5, 0.6) is 0 Å². The normalized spacial score (nSPS) is 24.9. The van der Waals surface area contributed by atoms with Crippen molar-refractivity contribution in [2.24, 2.45) is 0 Å². The number of methoxy groups -OCH3 is 1. The topological polar surface area (TPSA) is 94.5 Å².